The molecule has 1 fully saturated rings. The van der Waals surface area contributed by atoms with Gasteiger partial charge in [-0.05, 0) is 38.4 Å². The van der Waals surface area contributed by atoms with Crippen LogP contribution in [0.15, 0.2) is 23.1 Å². The maximum absolute atomic E-state index is 12.6. The molecule has 1 aromatic carbocycles. The first-order chi connectivity index (χ1) is 8.96. The van der Waals surface area contributed by atoms with Crippen LogP contribution in [0.1, 0.15) is 18.4 Å². The molecule has 1 aromatic rings. The summed E-state index contributed by atoms with van der Waals surface area (Å²) in [5.74, 6) is 0. The Hall–Kier alpha value is -0.330. The SMILES string of the molecule is CNC1CCCN(S(=O)(=O)c2cccc(C)c2Cl)C1.Cl. The summed E-state index contributed by atoms with van der Waals surface area (Å²) in [6.45, 7) is 2.88. The highest BCUT2D eigenvalue weighted by Gasteiger charge is 2.31. The number of rotatable bonds is 3. The Balaban J connectivity index is 0.00000200. The van der Waals surface area contributed by atoms with Crippen molar-refractivity contribution < 1.29 is 8.42 Å². The van der Waals surface area contributed by atoms with E-state index in [2.05, 4.69) is 5.32 Å². The Kier molecular flexibility index (Phi) is 6.28. The van der Waals surface area contributed by atoms with Gasteiger partial charge in [0.1, 0.15) is 4.90 Å². The molecule has 4 nitrogen and oxygen atoms in total. The molecule has 2 rings (SSSR count). The maximum atomic E-state index is 12.6. The molecule has 0 amide bonds. The number of piperidine rings is 1. The monoisotopic (exact) mass is 338 g/mol. The van der Waals surface area contributed by atoms with Crippen LogP contribution in [0, 0.1) is 6.92 Å². The number of hydrogen-bond acceptors (Lipinski definition) is 3. The minimum absolute atomic E-state index is 0. The molecule has 1 heterocycles. The van der Waals surface area contributed by atoms with Crippen LogP contribution in [0.3, 0.4) is 0 Å². The smallest absolute Gasteiger partial charge is 0.244 e. The van der Waals surface area contributed by atoms with E-state index in [0.717, 1.165) is 18.4 Å². The molecule has 0 radical (unpaired) electrons. The van der Waals surface area contributed by atoms with E-state index in [4.69, 9.17) is 11.6 Å². The predicted octanol–water partition coefficient (Wildman–Crippen LogP) is 2.44. The van der Waals surface area contributed by atoms with Gasteiger partial charge < -0.3 is 5.32 Å². The minimum atomic E-state index is -3.50. The molecule has 7 heteroatoms. The summed E-state index contributed by atoms with van der Waals surface area (Å²) in [6, 6.07) is 5.34. The summed E-state index contributed by atoms with van der Waals surface area (Å²) in [7, 11) is -1.64. The van der Waals surface area contributed by atoms with Crippen molar-refractivity contribution in [2.24, 2.45) is 0 Å². The summed E-state index contributed by atoms with van der Waals surface area (Å²) in [6.07, 6.45) is 1.87. The highest BCUT2D eigenvalue weighted by Crippen LogP contribution is 2.28. The van der Waals surface area contributed by atoms with Gasteiger partial charge in [0.2, 0.25) is 10.0 Å². The molecular formula is C13H20Cl2N2O2S. The molecule has 1 saturated heterocycles. The standard InChI is InChI=1S/C13H19ClN2O2S.ClH/c1-10-5-3-7-12(13(10)14)19(17,18)16-8-4-6-11(9-16)15-2;/h3,5,7,11,15H,4,6,8-9H2,1-2H3;1H. The molecule has 1 N–H and O–H groups in total. The number of likely N-dealkylation sites (N-methyl/N-ethyl adjacent to an activating group) is 1. The van der Waals surface area contributed by atoms with Gasteiger partial charge in [0.05, 0.1) is 5.02 Å². The average molecular weight is 339 g/mol. The number of benzene rings is 1. The summed E-state index contributed by atoms with van der Waals surface area (Å²) >= 11 is 6.15. The second-order valence-corrected chi connectivity index (χ2v) is 7.16. The van der Waals surface area contributed by atoms with E-state index in [1.54, 1.807) is 12.1 Å². The van der Waals surface area contributed by atoms with Crippen molar-refractivity contribution in [1.29, 1.82) is 0 Å². The van der Waals surface area contributed by atoms with Crippen molar-refractivity contribution in [3.8, 4) is 0 Å². The Morgan fingerprint density at radius 2 is 2.10 bits per heavy atom. The lowest BCUT2D eigenvalue weighted by Gasteiger charge is -2.32. The Morgan fingerprint density at radius 3 is 2.75 bits per heavy atom. The predicted molar refractivity (Wildman–Crippen MR) is 84.3 cm³/mol. The van der Waals surface area contributed by atoms with Crippen LogP contribution in [0.4, 0.5) is 0 Å². The van der Waals surface area contributed by atoms with Gasteiger partial charge in [-0.3, -0.25) is 0 Å². The van der Waals surface area contributed by atoms with Crippen LogP contribution in [-0.4, -0.2) is 38.9 Å². The van der Waals surface area contributed by atoms with Crippen molar-refractivity contribution in [2.75, 3.05) is 20.1 Å². The molecule has 0 bridgehead atoms. The van der Waals surface area contributed by atoms with Gasteiger partial charge in [-0.2, -0.15) is 4.31 Å². The molecule has 1 unspecified atom stereocenters. The summed E-state index contributed by atoms with van der Waals surface area (Å²) in [5, 5.41) is 3.47. The van der Waals surface area contributed by atoms with E-state index in [1.807, 2.05) is 20.0 Å². The van der Waals surface area contributed by atoms with Crippen molar-refractivity contribution >= 4 is 34.0 Å². The maximum Gasteiger partial charge on any atom is 0.244 e. The van der Waals surface area contributed by atoms with Gasteiger partial charge in [0.25, 0.3) is 0 Å². The van der Waals surface area contributed by atoms with Crippen LogP contribution in [0.2, 0.25) is 5.02 Å². The fraction of sp³-hybridized carbons (Fsp3) is 0.538. The highest BCUT2D eigenvalue weighted by atomic mass is 35.5. The zero-order valence-electron chi connectivity index (χ0n) is 11.6. The lowest BCUT2D eigenvalue weighted by molar-refractivity contribution is 0.293. The third-order valence-corrected chi connectivity index (χ3v) is 6.09. The lowest BCUT2D eigenvalue weighted by Crippen LogP contribution is -2.46. The van der Waals surface area contributed by atoms with E-state index in [1.165, 1.54) is 4.31 Å². The first-order valence-corrected chi connectivity index (χ1v) is 8.21. The highest BCUT2D eigenvalue weighted by molar-refractivity contribution is 7.89. The van der Waals surface area contributed by atoms with Crippen LogP contribution in [0.25, 0.3) is 0 Å². The van der Waals surface area contributed by atoms with E-state index in [0.29, 0.717) is 18.1 Å². The first kappa shape index (κ1) is 17.7. The largest absolute Gasteiger partial charge is 0.316 e. The van der Waals surface area contributed by atoms with Crippen molar-refractivity contribution in [3.05, 3.63) is 28.8 Å². The van der Waals surface area contributed by atoms with Crippen LogP contribution < -0.4 is 5.32 Å². The molecular weight excluding hydrogens is 319 g/mol. The molecule has 0 aromatic heterocycles. The zero-order chi connectivity index (χ0) is 14.0. The third-order valence-electron chi connectivity index (χ3n) is 3.57. The van der Waals surface area contributed by atoms with Gasteiger partial charge in [-0.15, -0.1) is 12.4 Å². The number of nitrogens with one attached hydrogen (secondary N) is 1. The molecule has 0 aliphatic carbocycles. The number of halogens is 2. The molecule has 1 atom stereocenters. The zero-order valence-corrected chi connectivity index (χ0v) is 14.0. The van der Waals surface area contributed by atoms with Crippen LogP contribution >= 0.6 is 24.0 Å². The minimum Gasteiger partial charge on any atom is -0.316 e. The summed E-state index contributed by atoms with van der Waals surface area (Å²) in [4.78, 5) is 0.214. The summed E-state index contributed by atoms with van der Waals surface area (Å²) < 4.78 is 26.8. The summed E-state index contributed by atoms with van der Waals surface area (Å²) in [5.41, 5.74) is 0.782. The fourth-order valence-corrected chi connectivity index (χ4v) is 4.44. The second-order valence-electron chi connectivity index (χ2n) is 4.88. The van der Waals surface area contributed by atoms with Crippen molar-refractivity contribution in [3.63, 3.8) is 0 Å². The van der Waals surface area contributed by atoms with Crippen LogP contribution in [-0.2, 0) is 10.0 Å². The number of sulfonamides is 1. The third kappa shape index (κ3) is 3.46. The average Bonchev–Trinajstić information content (AvgIpc) is 2.41. The van der Waals surface area contributed by atoms with Crippen LogP contribution in [0.5, 0.6) is 0 Å². The van der Waals surface area contributed by atoms with Gasteiger partial charge in [0, 0.05) is 19.1 Å². The van der Waals surface area contributed by atoms with Gasteiger partial charge >= 0.3 is 0 Å². The van der Waals surface area contributed by atoms with E-state index in [-0.39, 0.29) is 23.3 Å². The fourth-order valence-electron chi connectivity index (χ4n) is 2.36. The van der Waals surface area contributed by atoms with Gasteiger partial charge in [-0.25, -0.2) is 8.42 Å². The van der Waals surface area contributed by atoms with E-state index in [9.17, 15) is 8.42 Å². The molecule has 0 saturated carbocycles. The normalized spacial score (nSPS) is 20.4. The lowest BCUT2D eigenvalue weighted by atomic mass is 10.1. The Morgan fingerprint density at radius 1 is 1.40 bits per heavy atom. The van der Waals surface area contributed by atoms with Crippen molar-refractivity contribution in [2.45, 2.75) is 30.7 Å². The van der Waals surface area contributed by atoms with E-state index < -0.39 is 10.0 Å². The van der Waals surface area contributed by atoms with Gasteiger partial charge in [-0.1, -0.05) is 23.7 Å². The molecule has 0 spiro atoms. The number of hydrogen-bond donors (Lipinski definition) is 1. The molecule has 1 aliphatic rings. The van der Waals surface area contributed by atoms with Gasteiger partial charge in [0.15, 0.2) is 0 Å². The number of aryl methyl sites for hydroxylation is 1. The first-order valence-electron chi connectivity index (χ1n) is 6.39. The van der Waals surface area contributed by atoms with E-state index >= 15 is 0 Å². The van der Waals surface area contributed by atoms with Crippen molar-refractivity contribution in [1.82, 2.24) is 9.62 Å². The Labute approximate surface area is 132 Å². The Bertz CT molecular complexity index is 563. The number of nitrogens with zero attached hydrogens (tertiary/aromatic N) is 1. The molecule has 114 valence electrons. The topological polar surface area (TPSA) is 49.4 Å². The second kappa shape index (κ2) is 7.09. The molecule has 1 aliphatic heterocycles. The quantitative estimate of drug-likeness (QED) is 0.920. The molecule has 20 heavy (non-hydrogen) atoms.